The van der Waals surface area contributed by atoms with Gasteiger partial charge in [-0.15, -0.1) is 0 Å². The lowest BCUT2D eigenvalue weighted by Gasteiger charge is -2.58. The Morgan fingerprint density at radius 1 is 1.35 bits per heavy atom. The largest absolute Gasteiger partial charge is 0.444 e. The van der Waals surface area contributed by atoms with Crippen molar-refractivity contribution >= 4 is 6.09 Å². The summed E-state index contributed by atoms with van der Waals surface area (Å²) in [6.45, 7) is 8.44. The van der Waals surface area contributed by atoms with Crippen molar-refractivity contribution in [3.8, 4) is 0 Å². The van der Waals surface area contributed by atoms with Crippen LogP contribution in [0, 0.1) is 11.3 Å². The lowest BCUT2D eigenvalue weighted by Crippen LogP contribution is -2.64. The summed E-state index contributed by atoms with van der Waals surface area (Å²) < 4.78 is 10.7. The molecule has 0 aromatic carbocycles. The molecule has 0 radical (unpaired) electrons. The van der Waals surface area contributed by atoms with Crippen molar-refractivity contribution in [3.05, 3.63) is 0 Å². The molecule has 4 heteroatoms. The molecule has 0 N–H and O–H groups in total. The summed E-state index contributed by atoms with van der Waals surface area (Å²) in [5.74, 6) is 0.760. The molecule has 2 aliphatic heterocycles. The number of rotatable bonds is 1. The molecule has 1 aliphatic carbocycles. The Morgan fingerprint density at radius 3 is 2.41 bits per heavy atom. The number of epoxide rings is 1. The number of hydrogen-bond acceptors (Lipinski definition) is 3. The van der Waals surface area contributed by atoms with E-state index in [0.717, 1.165) is 25.6 Å². The zero-order chi connectivity index (χ0) is 12.3. The Kier molecular flexibility index (Phi) is 2.25. The third-order valence-electron chi connectivity index (χ3n) is 3.98. The molecule has 0 aromatic rings. The summed E-state index contributed by atoms with van der Waals surface area (Å²) in [6, 6.07) is 0. The maximum Gasteiger partial charge on any atom is 0.410 e. The van der Waals surface area contributed by atoms with E-state index < -0.39 is 0 Å². The first-order valence-electron chi connectivity index (χ1n) is 6.47. The molecule has 0 bridgehead atoms. The highest BCUT2D eigenvalue weighted by Crippen LogP contribution is 2.55. The molecule has 1 spiro atoms. The molecule has 1 unspecified atom stereocenters. The Labute approximate surface area is 102 Å². The number of carbonyl (C=O) groups excluding carboxylic acids is 1. The number of carbonyl (C=O) groups is 1. The van der Waals surface area contributed by atoms with E-state index in [1.165, 1.54) is 12.8 Å². The van der Waals surface area contributed by atoms with Gasteiger partial charge in [-0.05, 0) is 39.5 Å². The van der Waals surface area contributed by atoms with Gasteiger partial charge >= 0.3 is 6.09 Å². The van der Waals surface area contributed by atoms with Gasteiger partial charge in [0.2, 0.25) is 0 Å². The predicted molar refractivity (Wildman–Crippen MR) is 62.7 cm³/mol. The van der Waals surface area contributed by atoms with E-state index in [4.69, 9.17) is 9.47 Å². The third-order valence-corrected chi connectivity index (χ3v) is 3.98. The number of ether oxygens (including phenoxy) is 2. The molecule has 3 fully saturated rings. The Bertz CT molecular complexity index is 329. The van der Waals surface area contributed by atoms with Crippen LogP contribution >= 0.6 is 0 Å². The quantitative estimate of drug-likeness (QED) is 0.657. The SMILES string of the molecule is CC(C)(C)OC(=O)N1CC2(CC(C3CO3)C2)C1. The van der Waals surface area contributed by atoms with Gasteiger partial charge < -0.3 is 14.4 Å². The van der Waals surface area contributed by atoms with Crippen molar-refractivity contribution in [1.29, 1.82) is 0 Å². The second kappa shape index (κ2) is 3.37. The van der Waals surface area contributed by atoms with Crippen LogP contribution < -0.4 is 0 Å². The van der Waals surface area contributed by atoms with Gasteiger partial charge in [0.05, 0.1) is 12.7 Å². The van der Waals surface area contributed by atoms with Gasteiger partial charge in [0.1, 0.15) is 5.60 Å². The fraction of sp³-hybridized carbons (Fsp3) is 0.923. The molecule has 2 saturated heterocycles. The second-order valence-electron chi connectivity index (χ2n) is 6.88. The first-order valence-corrected chi connectivity index (χ1v) is 6.47. The molecule has 1 amide bonds. The van der Waals surface area contributed by atoms with Gasteiger partial charge in [0.25, 0.3) is 0 Å². The summed E-state index contributed by atoms with van der Waals surface area (Å²) in [4.78, 5) is 13.6. The number of likely N-dealkylation sites (tertiary alicyclic amines) is 1. The minimum atomic E-state index is -0.385. The van der Waals surface area contributed by atoms with E-state index >= 15 is 0 Å². The van der Waals surface area contributed by atoms with Crippen molar-refractivity contribution < 1.29 is 14.3 Å². The molecule has 2 heterocycles. The zero-order valence-corrected chi connectivity index (χ0v) is 10.9. The van der Waals surface area contributed by atoms with Crippen molar-refractivity contribution in [2.45, 2.75) is 45.3 Å². The Balaban J connectivity index is 1.44. The highest BCUT2D eigenvalue weighted by Gasteiger charge is 2.57. The fourth-order valence-electron chi connectivity index (χ4n) is 3.12. The van der Waals surface area contributed by atoms with E-state index in [-0.39, 0.29) is 11.7 Å². The fourth-order valence-corrected chi connectivity index (χ4v) is 3.12. The third kappa shape index (κ3) is 2.15. The van der Waals surface area contributed by atoms with Crippen LogP contribution in [0.25, 0.3) is 0 Å². The molecule has 0 aromatic heterocycles. The van der Waals surface area contributed by atoms with E-state index in [1.54, 1.807) is 0 Å². The Morgan fingerprint density at radius 2 is 1.94 bits per heavy atom. The van der Waals surface area contributed by atoms with Gasteiger partial charge in [-0.1, -0.05) is 0 Å². The summed E-state index contributed by atoms with van der Waals surface area (Å²) in [7, 11) is 0. The average Bonchev–Trinajstić information content (AvgIpc) is 2.77. The van der Waals surface area contributed by atoms with Crippen molar-refractivity contribution in [1.82, 2.24) is 4.90 Å². The average molecular weight is 239 g/mol. The highest BCUT2D eigenvalue weighted by atomic mass is 16.6. The topological polar surface area (TPSA) is 42.1 Å². The molecule has 96 valence electrons. The lowest BCUT2D eigenvalue weighted by atomic mass is 9.57. The van der Waals surface area contributed by atoms with Gasteiger partial charge in [0.15, 0.2) is 0 Å². The normalized spacial score (nSPS) is 30.8. The highest BCUT2D eigenvalue weighted by molar-refractivity contribution is 5.69. The van der Waals surface area contributed by atoms with E-state index in [1.807, 2.05) is 25.7 Å². The van der Waals surface area contributed by atoms with E-state index in [2.05, 4.69) is 0 Å². The predicted octanol–water partition coefficient (Wildman–Crippen LogP) is 2.03. The van der Waals surface area contributed by atoms with Crippen LogP contribution in [-0.4, -0.2) is 42.4 Å². The summed E-state index contributed by atoms with van der Waals surface area (Å²) in [6.07, 6.45) is 2.85. The number of nitrogens with zero attached hydrogens (tertiary/aromatic N) is 1. The number of amides is 1. The molecule has 1 saturated carbocycles. The maximum absolute atomic E-state index is 11.8. The standard InChI is InChI=1S/C13H21NO3/c1-12(2,3)17-11(15)14-7-13(8-14)4-9(5-13)10-6-16-10/h9-10H,4-8H2,1-3H3. The van der Waals surface area contributed by atoms with Gasteiger partial charge in [0, 0.05) is 18.5 Å². The Hall–Kier alpha value is -0.770. The van der Waals surface area contributed by atoms with E-state index in [0.29, 0.717) is 11.5 Å². The van der Waals surface area contributed by atoms with Crippen LogP contribution in [0.3, 0.4) is 0 Å². The maximum atomic E-state index is 11.8. The summed E-state index contributed by atoms with van der Waals surface area (Å²) in [5, 5.41) is 0. The van der Waals surface area contributed by atoms with Crippen LogP contribution in [0.4, 0.5) is 4.79 Å². The smallest absolute Gasteiger partial charge is 0.410 e. The van der Waals surface area contributed by atoms with Crippen molar-refractivity contribution in [2.24, 2.45) is 11.3 Å². The lowest BCUT2D eigenvalue weighted by molar-refractivity contribution is -0.0996. The first kappa shape index (κ1) is 11.3. The second-order valence-corrected chi connectivity index (χ2v) is 6.88. The number of hydrogen-bond donors (Lipinski definition) is 0. The minimum absolute atomic E-state index is 0.158. The van der Waals surface area contributed by atoms with Crippen LogP contribution in [0.2, 0.25) is 0 Å². The molecule has 4 nitrogen and oxygen atoms in total. The summed E-state index contributed by atoms with van der Waals surface area (Å²) >= 11 is 0. The van der Waals surface area contributed by atoms with E-state index in [9.17, 15) is 4.79 Å². The van der Waals surface area contributed by atoms with Gasteiger partial charge in [-0.3, -0.25) is 0 Å². The van der Waals surface area contributed by atoms with Crippen LogP contribution in [0.1, 0.15) is 33.6 Å². The summed E-state index contributed by atoms with van der Waals surface area (Å²) in [5.41, 5.74) is 0.0252. The van der Waals surface area contributed by atoms with Crippen LogP contribution in [-0.2, 0) is 9.47 Å². The van der Waals surface area contributed by atoms with Crippen LogP contribution in [0.5, 0.6) is 0 Å². The first-order chi connectivity index (χ1) is 7.87. The van der Waals surface area contributed by atoms with Gasteiger partial charge in [-0.2, -0.15) is 0 Å². The minimum Gasteiger partial charge on any atom is -0.444 e. The molecular weight excluding hydrogens is 218 g/mol. The molecule has 3 aliphatic rings. The van der Waals surface area contributed by atoms with Gasteiger partial charge in [-0.25, -0.2) is 4.79 Å². The molecule has 17 heavy (non-hydrogen) atoms. The molecule has 3 rings (SSSR count). The van der Waals surface area contributed by atoms with Crippen LogP contribution in [0.15, 0.2) is 0 Å². The zero-order valence-electron chi connectivity index (χ0n) is 10.9. The molecule has 1 atom stereocenters. The molecular formula is C13H21NO3. The van der Waals surface area contributed by atoms with Crippen molar-refractivity contribution in [3.63, 3.8) is 0 Å². The van der Waals surface area contributed by atoms with Crippen molar-refractivity contribution in [2.75, 3.05) is 19.7 Å². The monoisotopic (exact) mass is 239 g/mol.